The third-order valence-corrected chi connectivity index (χ3v) is 7.00. The molecule has 150 valence electrons. The van der Waals surface area contributed by atoms with Crippen LogP contribution in [0, 0.1) is 17.2 Å². The average Bonchev–Trinajstić information content (AvgIpc) is 2.72. The average molecular weight is 411 g/mol. The molecule has 0 aliphatic carbocycles. The van der Waals surface area contributed by atoms with E-state index >= 15 is 0 Å². The minimum Gasteiger partial charge on any atom is -0.306 e. The van der Waals surface area contributed by atoms with Gasteiger partial charge in [-0.25, -0.2) is 8.42 Å². The van der Waals surface area contributed by atoms with E-state index in [9.17, 15) is 23.3 Å². The van der Waals surface area contributed by atoms with E-state index < -0.39 is 27.6 Å². The van der Waals surface area contributed by atoms with Crippen LogP contribution in [0.1, 0.15) is 29.8 Å². The first-order valence-electron chi connectivity index (χ1n) is 9.28. The third kappa shape index (κ3) is 3.67. The van der Waals surface area contributed by atoms with Crippen molar-refractivity contribution in [1.29, 1.82) is 5.26 Å². The van der Waals surface area contributed by atoms with Gasteiger partial charge >= 0.3 is 0 Å². The number of sulfonamides is 1. The van der Waals surface area contributed by atoms with Crippen LogP contribution in [0.4, 0.5) is 5.69 Å². The van der Waals surface area contributed by atoms with E-state index in [0.29, 0.717) is 18.8 Å². The number of nitriles is 1. The molecule has 3 rings (SSSR count). The zero-order valence-electron chi connectivity index (χ0n) is 16.2. The Balaban J connectivity index is 2.12. The molecule has 1 unspecified atom stereocenters. The van der Waals surface area contributed by atoms with Crippen LogP contribution >= 0.6 is 0 Å². The van der Waals surface area contributed by atoms with Crippen LogP contribution in [0.3, 0.4) is 0 Å². The number of hydrogen-bond acceptors (Lipinski definition) is 5. The van der Waals surface area contributed by atoms with Crippen molar-refractivity contribution >= 4 is 27.4 Å². The summed E-state index contributed by atoms with van der Waals surface area (Å²) in [6.45, 7) is 4.24. The lowest BCUT2D eigenvalue weighted by Crippen LogP contribution is -2.44. The highest BCUT2D eigenvalue weighted by Gasteiger charge is 2.40. The minimum absolute atomic E-state index is 0.0287. The van der Waals surface area contributed by atoms with Crippen LogP contribution in [0.25, 0.3) is 0 Å². The smallest absolute Gasteiger partial charge is 0.252 e. The normalized spacial score (nSPS) is 16.6. The molecular formula is C21H21N3O4S. The molecule has 8 heteroatoms. The number of ketones is 1. The maximum Gasteiger partial charge on any atom is 0.252 e. The van der Waals surface area contributed by atoms with E-state index in [1.807, 2.05) is 30.3 Å². The van der Waals surface area contributed by atoms with Gasteiger partial charge in [0.25, 0.3) is 5.91 Å². The molecule has 0 saturated heterocycles. The molecule has 0 N–H and O–H groups in total. The molecule has 1 amide bonds. The van der Waals surface area contributed by atoms with Crippen molar-refractivity contribution in [2.24, 2.45) is 5.92 Å². The first-order chi connectivity index (χ1) is 13.8. The maximum absolute atomic E-state index is 12.8. The van der Waals surface area contributed by atoms with Gasteiger partial charge in [0.1, 0.15) is 0 Å². The summed E-state index contributed by atoms with van der Waals surface area (Å²) in [5.41, 5.74) is 1.21. The molecule has 2 aromatic rings. The Kier molecular flexibility index (Phi) is 5.82. The highest BCUT2D eigenvalue weighted by molar-refractivity contribution is 7.89. The first-order valence-corrected chi connectivity index (χ1v) is 10.7. The van der Waals surface area contributed by atoms with Gasteiger partial charge in [-0.15, -0.1) is 0 Å². The Labute approximate surface area is 170 Å². The minimum atomic E-state index is -3.78. The number of fused-ring (bicyclic) bond motifs is 1. The molecular weight excluding hydrogens is 390 g/mol. The van der Waals surface area contributed by atoms with Crippen molar-refractivity contribution in [2.75, 3.05) is 18.0 Å². The number of rotatable bonds is 6. The van der Waals surface area contributed by atoms with Crippen LogP contribution in [0.15, 0.2) is 53.4 Å². The van der Waals surface area contributed by atoms with Crippen molar-refractivity contribution in [1.82, 2.24) is 4.31 Å². The zero-order valence-corrected chi connectivity index (χ0v) is 17.0. The second-order valence-electron chi connectivity index (χ2n) is 6.60. The molecule has 0 fully saturated rings. The number of Topliss-reactive ketones (excluding diaryl/α,β-unsaturated/α-hetero) is 1. The highest BCUT2D eigenvalue weighted by Crippen LogP contribution is 2.34. The number of anilines is 1. The standard InChI is InChI=1S/C21H21N3O4S/c1-3-23(4-2)29(27,28)16-10-11-19-17(12-16)20(25)18(13-22)21(26)24(19)14-15-8-6-5-7-9-15/h5-12,18H,3-4,14H2,1-2H3. The van der Waals surface area contributed by atoms with E-state index in [1.165, 1.54) is 27.4 Å². The number of nitrogens with zero attached hydrogens (tertiary/aromatic N) is 3. The Morgan fingerprint density at radius 3 is 2.31 bits per heavy atom. The van der Waals surface area contributed by atoms with Gasteiger partial charge in [0, 0.05) is 18.7 Å². The van der Waals surface area contributed by atoms with Crippen LogP contribution in [0.5, 0.6) is 0 Å². The fourth-order valence-electron chi connectivity index (χ4n) is 3.41. The molecule has 0 bridgehead atoms. The molecule has 1 aliphatic heterocycles. The Morgan fingerprint density at radius 2 is 1.72 bits per heavy atom. The van der Waals surface area contributed by atoms with Crippen LogP contribution in [-0.4, -0.2) is 37.5 Å². The molecule has 1 atom stereocenters. The second kappa shape index (κ2) is 8.15. The fraction of sp³-hybridized carbons (Fsp3) is 0.286. The SMILES string of the molecule is CCN(CC)S(=O)(=O)c1ccc2c(c1)C(=O)C(C#N)C(=O)N2Cc1ccccc1. The summed E-state index contributed by atoms with van der Waals surface area (Å²) < 4.78 is 27.0. The molecule has 7 nitrogen and oxygen atoms in total. The van der Waals surface area contributed by atoms with Crippen molar-refractivity contribution < 1.29 is 18.0 Å². The molecule has 0 spiro atoms. The summed E-state index contributed by atoms with van der Waals surface area (Å²) in [6.07, 6.45) is 0. The molecule has 1 heterocycles. The predicted molar refractivity (Wildman–Crippen MR) is 108 cm³/mol. The number of carbonyl (C=O) groups excluding carboxylic acids is 2. The van der Waals surface area contributed by atoms with Crippen LogP contribution in [-0.2, 0) is 21.4 Å². The summed E-state index contributed by atoms with van der Waals surface area (Å²) in [4.78, 5) is 26.9. The van der Waals surface area contributed by atoms with Gasteiger partial charge in [-0.3, -0.25) is 9.59 Å². The van der Waals surface area contributed by atoms with Crippen LogP contribution in [0.2, 0.25) is 0 Å². The Morgan fingerprint density at radius 1 is 1.07 bits per heavy atom. The number of carbonyl (C=O) groups is 2. The summed E-state index contributed by atoms with van der Waals surface area (Å²) in [6, 6.07) is 15.1. The van der Waals surface area contributed by atoms with E-state index in [2.05, 4.69) is 0 Å². The van der Waals surface area contributed by atoms with Crippen molar-refractivity contribution in [2.45, 2.75) is 25.3 Å². The highest BCUT2D eigenvalue weighted by atomic mass is 32.2. The summed E-state index contributed by atoms with van der Waals surface area (Å²) in [7, 11) is -3.78. The quantitative estimate of drug-likeness (QED) is 0.681. The van der Waals surface area contributed by atoms with Crippen molar-refractivity contribution in [3.8, 4) is 6.07 Å². The largest absolute Gasteiger partial charge is 0.306 e. The van der Waals surface area contributed by atoms with Crippen molar-refractivity contribution in [3.05, 3.63) is 59.7 Å². The Hall–Kier alpha value is -3.02. The Bertz CT molecular complexity index is 1090. The number of amides is 1. The van der Waals surface area contributed by atoms with Gasteiger partial charge in [-0.2, -0.15) is 9.57 Å². The number of hydrogen-bond donors (Lipinski definition) is 0. The van der Waals surface area contributed by atoms with Gasteiger partial charge in [0.15, 0.2) is 11.7 Å². The lowest BCUT2D eigenvalue weighted by atomic mass is 9.91. The maximum atomic E-state index is 12.8. The number of benzene rings is 2. The third-order valence-electron chi connectivity index (χ3n) is 4.96. The lowest BCUT2D eigenvalue weighted by molar-refractivity contribution is -0.120. The van der Waals surface area contributed by atoms with Crippen LogP contribution < -0.4 is 4.90 Å². The fourth-order valence-corrected chi connectivity index (χ4v) is 4.89. The molecule has 0 aromatic heterocycles. The summed E-state index contributed by atoms with van der Waals surface area (Å²) in [5, 5.41) is 9.39. The lowest BCUT2D eigenvalue weighted by Gasteiger charge is -2.31. The molecule has 0 radical (unpaired) electrons. The van der Waals surface area contributed by atoms with E-state index in [0.717, 1.165) is 5.56 Å². The van der Waals surface area contributed by atoms with Gasteiger partial charge < -0.3 is 4.90 Å². The second-order valence-corrected chi connectivity index (χ2v) is 8.54. The predicted octanol–water partition coefficient (Wildman–Crippen LogP) is 2.59. The van der Waals surface area contributed by atoms with E-state index in [-0.39, 0.29) is 17.0 Å². The van der Waals surface area contributed by atoms with E-state index in [1.54, 1.807) is 19.9 Å². The van der Waals surface area contributed by atoms with Gasteiger partial charge in [0.2, 0.25) is 10.0 Å². The van der Waals surface area contributed by atoms with Crippen molar-refractivity contribution in [3.63, 3.8) is 0 Å². The van der Waals surface area contributed by atoms with Gasteiger partial charge in [-0.1, -0.05) is 44.2 Å². The topological polar surface area (TPSA) is 98.5 Å². The molecule has 29 heavy (non-hydrogen) atoms. The molecule has 1 aliphatic rings. The molecule has 2 aromatic carbocycles. The van der Waals surface area contributed by atoms with Gasteiger partial charge in [0.05, 0.1) is 23.2 Å². The summed E-state index contributed by atoms with van der Waals surface area (Å²) >= 11 is 0. The molecule has 0 saturated carbocycles. The van der Waals surface area contributed by atoms with E-state index in [4.69, 9.17) is 0 Å². The zero-order chi connectivity index (χ0) is 21.2. The first kappa shape index (κ1) is 20.7. The summed E-state index contributed by atoms with van der Waals surface area (Å²) in [5.74, 6) is -2.76. The monoisotopic (exact) mass is 411 g/mol. The van der Waals surface area contributed by atoms with Gasteiger partial charge in [-0.05, 0) is 23.8 Å².